The Kier molecular flexibility index (Phi) is 3.41. The molecule has 1 atom stereocenters. The number of esters is 1. The number of ether oxygens (including phenoxy) is 1. The Morgan fingerprint density at radius 2 is 2.00 bits per heavy atom. The van der Waals surface area contributed by atoms with Gasteiger partial charge in [-0.2, -0.15) is 0 Å². The van der Waals surface area contributed by atoms with E-state index >= 15 is 0 Å². The van der Waals surface area contributed by atoms with E-state index in [1.165, 1.54) is 14.2 Å². The third kappa shape index (κ3) is 2.06. The van der Waals surface area contributed by atoms with Crippen molar-refractivity contribution in [2.45, 2.75) is 5.85 Å². The maximum absolute atomic E-state index is 12.2. The summed E-state index contributed by atoms with van der Waals surface area (Å²) in [7, 11) is -0.966. The molecule has 0 radical (unpaired) electrons. The SMILES string of the molecule is COP(=O)(OC)C1OC(=O)c2ccc(Br)cc21. The van der Waals surface area contributed by atoms with E-state index in [1.54, 1.807) is 18.2 Å². The minimum Gasteiger partial charge on any atom is -0.441 e. The average molecular weight is 321 g/mol. The highest BCUT2D eigenvalue weighted by Gasteiger charge is 2.45. The third-order valence-corrected chi connectivity index (χ3v) is 4.98. The maximum atomic E-state index is 12.2. The number of hydrogen-bond acceptors (Lipinski definition) is 5. The zero-order valence-corrected chi connectivity index (χ0v) is 11.7. The number of rotatable bonds is 3. The summed E-state index contributed by atoms with van der Waals surface area (Å²) in [5.74, 6) is -1.52. The Morgan fingerprint density at radius 1 is 1.35 bits per heavy atom. The molecule has 1 unspecified atom stereocenters. The molecule has 0 saturated heterocycles. The molecule has 1 aromatic rings. The van der Waals surface area contributed by atoms with Crippen molar-refractivity contribution < 1.29 is 23.1 Å². The summed E-state index contributed by atoms with van der Waals surface area (Å²) in [5.41, 5.74) is 0.893. The highest BCUT2D eigenvalue weighted by Crippen LogP contribution is 2.63. The zero-order valence-electron chi connectivity index (χ0n) is 9.18. The van der Waals surface area contributed by atoms with Gasteiger partial charge >= 0.3 is 13.6 Å². The van der Waals surface area contributed by atoms with E-state index in [0.29, 0.717) is 11.1 Å². The Bertz CT molecular complexity index is 507. The van der Waals surface area contributed by atoms with Crippen molar-refractivity contribution in [3.8, 4) is 0 Å². The number of cyclic esters (lactones) is 1. The molecule has 7 heteroatoms. The van der Waals surface area contributed by atoms with Crippen LogP contribution in [0.15, 0.2) is 22.7 Å². The first-order valence-corrected chi connectivity index (χ1v) is 7.14. The summed E-state index contributed by atoms with van der Waals surface area (Å²) in [6.07, 6.45) is 0. The highest BCUT2D eigenvalue weighted by molar-refractivity contribution is 9.10. The van der Waals surface area contributed by atoms with Crippen LogP contribution < -0.4 is 0 Å². The first kappa shape index (κ1) is 12.8. The fourth-order valence-corrected chi connectivity index (χ4v) is 3.34. The normalized spacial score (nSPS) is 19.0. The van der Waals surface area contributed by atoms with Crippen molar-refractivity contribution >= 4 is 29.5 Å². The predicted octanol–water partition coefficient (Wildman–Crippen LogP) is 3.10. The summed E-state index contributed by atoms with van der Waals surface area (Å²) in [6.45, 7) is 0. The van der Waals surface area contributed by atoms with E-state index in [9.17, 15) is 9.36 Å². The van der Waals surface area contributed by atoms with Gasteiger partial charge in [-0.1, -0.05) is 15.9 Å². The molecule has 0 N–H and O–H groups in total. The van der Waals surface area contributed by atoms with Gasteiger partial charge in [0.2, 0.25) is 5.85 Å². The van der Waals surface area contributed by atoms with E-state index < -0.39 is 19.4 Å². The third-order valence-electron chi connectivity index (χ3n) is 2.51. The lowest BCUT2D eigenvalue weighted by Gasteiger charge is -2.19. The van der Waals surface area contributed by atoms with Crippen LogP contribution in [0.25, 0.3) is 0 Å². The topological polar surface area (TPSA) is 61.8 Å². The number of fused-ring (bicyclic) bond motifs is 1. The van der Waals surface area contributed by atoms with Gasteiger partial charge in [-0.3, -0.25) is 4.57 Å². The molecule has 0 aromatic heterocycles. The molecule has 1 heterocycles. The summed E-state index contributed by atoms with van der Waals surface area (Å²) in [5, 5.41) is 0. The van der Waals surface area contributed by atoms with Gasteiger partial charge in [0.25, 0.3) is 0 Å². The maximum Gasteiger partial charge on any atom is 0.375 e. The van der Waals surface area contributed by atoms with Crippen LogP contribution in [-0.4, -0.2) is 20.2 Å². The number of hydrogen-bond donors (Lipinski definition) is 0. The Hall–Kier alpha value is -0.680. The predicted molar refractivity (Wildman–Crippen MR) is 63.9 cm³/mol. The summed E-state index contributed by atoms with van der Waals surface area (Å²) in [4.78, 5) is 11.6. The first-order valence-electron chi connectivity index (χ1n) is 4.73. The number of benzene rings is 1. The summed E-state index contributed by atoms with van der Waals surface area (Å²) >= 11 is 3.28. The molecule has 2 rings (SSSR count). The lowest BCUT2D eigenvalue weighted by Crippen LogP contribution is -2.03. The van der Waals surface area contributed by atoms with Crippen molar-refractivity contribution in [1.82, 2.24) is 0 Å². The van der Waals surface area contributed by atoms with Crippen LogP contribution in [0.3, 0.4) is 0 Å². The van der Waals surface area contributed by atoms with Crippen LogP contribution in [0.2, 0.25) is 0 Å². The average Bonchev–Trinajstić information content (AvgIpc) is 2.66. The molecule has 0 amide bonds. The molecular formula is C10H10BrO5P. The molecule has 0 fully saturated rings. The van der Waals surface area contributed by atoms with E-state index in [1.807, 2.05) is 0 Å². The standard InChI is InChI=1S/C10H10BrO5P/c1-14-17(13,15-2)10-8-5-6(11)3-4-7(8)9(12)16-10/h3-5,10H,1-2H3. The first-order chi connectivity index (χ1) is 8.01. The van der Waals surface area contributed by atoms with Gasteiger partial charge < -0.3 is 13.8 Å². The molecule has 0 aliphatic carbocycles. The molecule has 0 spiro atoms. The van der Waals surface area contributed by atoms with Crippen LogP contribution in [0, 0.1) is 0 Å². The zero-order chi connectivity index (χ0) is 12.6. The van der Waals surface area contributed by atoms with E-state index in [0.717, 1.165) is 4.47 Å². The van der Waals surface area contributed by atoms with Crippen molar-refractivity contribution in [1.29, 1.82) is 0 Å². The van der Waals surface area contributed by atoms with Gasteiger partial charge in [0.15, 0.2) is 0 Å². The van der Waals surface area contributed by atoms with Crippen LogP contribution in [0.4, 0.5) is 0 Å². The van der Waals surface area contributed by atoms with Gasteiger partial charge in [-0.05, 0) is 18.2 Å². The van der Waals surface area contributed by atoms with Gasteiger partial charge in [-0.15, -0.1) is 0 Å². The van der Waals surface area contributed by atoms with E-state index in [-0.39, 0.29) is 0 Å². The van der Waals surface area contributed by atoms with Gasteiger partial charge in [-0.25, -0.2) is 4.79 Å². The van der Waals surface area contributed by atoms with Crippen LogP contribution in [-0.2, 0) is 18.3 Å². The minimum atomic E-state index is -3.48. The van der Waals surface area contributed by atoms with E-state index in [4.69, 9.17) is 13.8 Å². The van der Waals surface area contributed by atoms with Crippen molar-refractivity contribution in [2.24, 2.45) is 0 Å². The minimum absolute atomic E-state index is 0.382. The molecule has 1 aromatic carbocycles. The lowest BCUT2D eigenvalue weighted by atomic mass is 10.1. The highest BCUT2D eigenvalue weighted by atomic mass is 79.9. The summed E-state index contributed by atoms with van der Waals surface area (Å²) < 4.78 is 27.8. The molecule has 0 saturated carbocycles. The lowest BCUT2D eigenvalue weighted by molar-refractivity contribution is 0.0456. The number of carbonyl (C=O) groups excluding carboxylic acids is 1. The largest absolute Gasteiger partial charge is 0.441 e. The van der Waals surface area contributed by atoms with Crippen molar-refractivity contribution in [3.05, 3.63) is 33.8 Å². The monoisotopic (exact) mass is 320 g/mol. The summed E-state index contributed by atoms with van der Waals surface area (Å²) in [6, 6.07) is 5.00. The van der Waals surface area contributed by atoms with Crippen LogP contribution in [0.5, 0.6) is 0 Å². The quantitative estimate of drug-likeness (QED) is 0.632. The molecular weight excluding hydrogens is 311 g/mol. The second-order valence-corrected chi connectivity index (χ2v) is 6.59. The van der Waals surface area contributed by atoms with E-state index in [2.05, 4.69) is 15.9 Å². The molecule has 1 aliphatic rings. The second-order valence-electron chi connectivity index (χ2n) is 3.39. The number of halogens is 1. The molecule has 1 aliphatic heterocycles. The van der Waals surface area contributed by atoms with Gasteiger partial charge in [0.05, 0.1) is 5.56 Å². The molecule has 5 nitrogen and oxygen atoms in total. The van der Waals surface area contributed by atoms with Crippen molar-refractivity contribution in [3.63, 3.8) is 0 Å². The molecule has 0 bridgehead atoms. The smallest absolute Gasteiger partial charge is 0.375 e. The van der Waals surface area contributed by atoms with Gasteiger partial charge in [0.1, 0.15) is 0 Å². The van der Waals surface area contributed by atoms with Crippen LogP contribution in [0.1, 0.15) is 21.8 Å². The fourth-order valence-electron chi connectivity index (χ4n) is 1.65. The Balaban J connectivity index is 2.53. The van der Waals surface area contributed by atoms with Crippen LogP contribution >= 0.6 is 23.5 Å². The Labute approximate surface area is 107 Å². The fraction of sp³-hybridized carbons (Fsp3) is 0.300. The van der Waals surface area contributed by atoms with Crippen molar-refractivity contribution in [2.75, 3.05) is 14.2 Å². The molecule has 92 valence electrons. The molecule has 17 heavy (non-hydrogen) atoms. The second kappa shape index (κ2) is 4.53. The van der Waals surface area contributed by atoms with Gasteiger partial charge in [0, 0.05) is 24.3 Å². The number of carbonyl (C=O) groups is 1. The Morgan fingerprint density at radius 3 is 2.59 bits per heavy atom.